The van der Waals surface area contributed by atoms with Gasteiger partial charge >= 0.3 is 0 Å². The van der Waals surface area contributed by atoms with Gasteiger partial charge in [0.1, 0.15) is 5.82 Å². The maximum atomic E-state index is 12.2. The number of benzene rings is 1. The summed E-state index contributed by atoms with van der Waals surface area (Å²) in [4.78, 5) is 20.1. The fourth-order valence-corrected chi connectivity index (χ4v) is 4.36. The molecule has 0 atom stereocenters. The van der Waals surface area contributed by atoms with Gasteiger partial charge in [0.15, 0.2) is 0 Å². The topological polar surface area (TPSA) is 54.5 Å². The number of fused-ring (bicyclic) bond motifs is 1. The van der Waals surface area contributed by atoms with Crippen molar-refractivity contribution in [1.29, 1.82) is 0 Å². The van der Waals surface area contributed by atoms with Gasteiger partial charge in [0.25, 0.3) is 0 Å². The molecule has 1 amide bonds. The number of carbonyl (C=O) groups excluding carboxylic acids is 1. The molecule has 142 valence electrons. The van der Waals surface area contributed by atoms with E-state index in [1.165, 1.54) is 35.3 Å². The highest BCUT2D eigenvalue weighted by molar-refractivity contribution is 8.00. The number of thioether (sulfide) groups is 1. The molecule has 1 aromatic carbocycles. The van der Waals surface area contributed by atoms with Crippen LogP contribution in [0, 0.1) is 0 Å². The van der Waals surface area contributed by atoms with Crippen molar-refractivity contribution in [1.82, 2.24) is 10.3 Å². The van der Waals surface area contributed by atoms with E-state index in [0.717, 1.165) is 37.7 Å². The number of amides is 1. The number of pyridine rings is 1. The van der Waals surface area contributed by atoms with Crippen LogP contribution in [-0.4, -0.2) is 42.9 Å². The fourth-order valence-electron chi connectivity index (χ4n) is 3.57. The van der Waals surface area contributed by atoms with Gasteiger partial charge in [-0.25, -0.2) is 4.98 Å². The van der Waals surface area contributed by atoms with Crippen molar-refractivity contribution in [2.24, 2.45) is 0 Å². The molecule has 1 aliphatic carbocycles. The van der Waals surface area contributed by atoms with Crippen LogP contribution in [0.4, 0.5) is 5.82 Å². The van der Waals surface area contributed by atoms with E-state index in [0.29, 0.717) is 12.3 Å². The van der Waals surface area contributed by atoms with Crippen LogP contribution in [0.15, 0.2) is 41.4 Å². The average molecular weight is 384 g/mol. The first-order chi connectivity index (χ1) is 13.3. The van der Waals surface area contributed by atoms with E-state index in [9.17, 15) is 4.79 Å². The Morgan fingerprint density at radius 2 is 2.00 bits per heavy atom. The Labute approximate surface area is 164 Å². The first kappa shape index (κ1) is 18.3. The van der Waals surface area contributed by atoms with Gasteiger partial charge in [0, 0.05) is 30.7 Å². The van der Waals surface area contributed by atoms with Crippen molar-refractivity contribution >= 4 is 23.5 Å². The molecule has 27 heavy (non-hydrogen) atoms. The Morgan fingerprint density at radius 1 is 1.15 bits per heavy atom. The van der Waals surface area contributed by atoms with E-state index in [1.54, 1.807) is 11.8 Å². The molecule has 2 aliphatic rings. The van der Waals surface area contributed by atoms with Gasteiger partial charge in [0.2, 0.25) is 5.91 Å². The Balaban J connectivity index is 1.26. The number of morpholine rings is 1. The molecule has 1 fully saturated rings. The number of hydrogen-bond donors (Lipinski definition) is 1. The van der Waals surface area contributed by atoms with Crippen molar-refractivity contribution in [2.75, 3.05) is 37.0 Å². The molecule has 0 saturated carbocycles. The molecular formula is C21H25N3O2S. The van der Waals surface area contributed by atoms with Crippen LogP contribution in [-0.2, 0) is 28.9 Å². The van der Waals surface area contributed by atoms with Crippen LogP contribution in [0.5, 0.6) is 0 Å². The zero-order valence-corrected chi connectivity index (χ0v) is 16.3. The van der Waals surface area contributed by atoms with E-state index < -0.39 is 0 Å². The summed E-state index contributed by atoms with van der Waals surface area (Å²) in [6.45, 7) is 3.73. The number of aromatic nitrogens is 1. The minimum absolute atomic E-state index is 0.0604. The number of aryl methyl sites for hydroxylation is 2. The van der Waals surface area contributed by atoms with Crippen molar-refractivity contribution in [3.05, 3.63) is 53.2 Å². The third-order valence-corrected chi connectivity index (χ3v) is 6.07. The molecule has 1 aromatic heterocycles. The number of carbonyl (C=O) groups is 1. The second kappa shape index (κ2) is 8.76. The first-order valence-corrected chi connectivity index (χ1v) is 10.6. The fraction of sp³-hybridized carbons (Fsp3) is 0.429. The summed E-state index contributed by atoms with van der Waals surface area (Å²) in [6, 6.07) is 10.6. The largest absolute Gasteiger partial charge is 0.378 e. The van der Waals surface area contributed by atoms with E-state index in [4.69, 9.17) is 4.74 Å². The SMILES string of the molecule is O=C(CSc1ccc2c(c1)CCC2)NCc1ccnc(N2CCOCC2)c1. The van der Waals surface area contributed by atoms with Crippen molar-refractivity contribution in [3.8, 4) is 0 Å². The zero-order chi connectivity index (χ0) is 18.5. The lowest BCUT2D eigenvalue weighted by Gasteiger charge is -2.28. The quantitative estimate of drug-likeness (QED) is 0.778. The summed E-state index contributed by atoms with van der Waals surface area (Å²) in [7, 11) is 0. The molecule has 0 spiro atoms. The Morgan fingerprint density at radius 3 is 2.89 bits per heavy atom. The summed E-state index contributed by atoms with van der Waals surface area (Å²) in [6.07, 6.45) is 5.43. The molecule has 1 N–H and O–H groups in total. The molecule has 1 aliphatic heterocycles. The highest BCUT2D eigenvalue weighted by atomic mass is 32.2. The van der Waals surface area contributed by atoms with E-state index >= 15 is 0 Å². The molecule has 4 rings (SSSR count). The lowest BCUT2D eigenvalue weighted by molar-refractivity contribution is -0.118. The van der Waals surface area contributed by atoms with Crippen molar-refractivity contribution in [3.63, 3.8) is 0 Å². The van der Waals surface area contributed by atoms with Crippen LogP contribution in [0.3, 0.4) is 0 Å². The molecule has 6 heteroatoms. The Hall–Kier alpha value is -2.05. The predicted molar refractivity (Wildman–Crippen MR) is 108 cm³/mol. The molecular weight excluding hydrogens is 358 g/mol. The number of anilines is 1. The Bertz CT molecular complexity index is 806. The van der Waals surface area contributed by atoms with Crippen LogP contribution >= 0.6 is 11.8 Å². The molecule has 2 heterocycles. The number of ether oxygens (including phenoxy) is 1. The maximum absolute atomic E-state index is 12.2. The van der Waals surface area contributed by atoms with Gasteiger partial charge in [-0.15, -0.1) is 11.8 Å². The zero-order valence-electron chi connectivity index (χ0n) is 15.4. The van der Waals surface area contributed by atoms with Gasteiger partial charge in [0.05, 0.1) is 19.0 Å². The third kappa shape index (κ3) is 4.82. The van der Waals surface area contributed by atoms with Crippen LogP contribution in [0.2, 0.25) is 0 Å². The maximum Gasteiger partial charge on any atom is 0.230 e. The predicted octanol–water partition coefficient (Wildman–Crippen LogP) is 2.82. The number of nitrogens with zero attached hydrogens (tertiary/aromatic N) is 2. The number of rotatable bonds is 6. The van der Waals surface area contributed by atoms with E-state index in [1.807, 2.05) is 12.3 Å². The summed E-state index contributed by atoms with van der Waals surface area (Å²) >= 11 is 1.61. The normalized spacial score (nSPS) is 16.2. The Kier molecular flexibility index (Phi) is 5.94. The summed E-state index contributed by atoms with van der Waals surface area (Å²) in [5.41, 5.74) is 3.99. The van der Waals surface area contributed by atoms with Gasteiger partial charge in [-0.3, -0.25) is 4.79 Å². The molecule has 0 unspecified atom stereocenters. The summed E-state index contributed by atoms with van der Waals surface area (Å²) in [5.74, 6) is 1.46. The van der Waals surface area contributed by atoms with Crippen LogP contribution in [0.1, 0.15) is 23.1 Å². The number of nitrogens with one attached hydrogen (secondary N) is 1. The minimum atomic E-state index is 0.0604. The lowest BCUT2D eigenvalue weighted by Crippen LogP contribution is -2.36. The first-order valence-electron chi connectivity index (χ1n) is 9.57. The standard InChI is InChI=1S/C21H25N3O2S/c25-21(15-27-19-5-4-17-2-1-3-18(17)13-19)23-14-16-6-7-22-20(12-16)24-8-10-26-11-9-24/h4-7,12-13H,1-3,8-11,14-15H2,(H,23,25). The molecule has 0 bridgehead atoms. The smallest absolute Gasteiger partial charge is 0.230 e. The van der Waals surface area contributed by atoms with Crippen LogP contribution < -0.4 is 10.2 Å². The van der Waals surface area contributed by atoms with Gasteiger partial charge in [-0.1, -0.05) is 6.07 Å². The number of hydrogen-bond acceptors (Lipinski definition) is 5. The van der Waals surface area contributed by atoms with Gasteiger partial charge < -0.3 is 15.0 Å². The molecule has 5 nitrogen and oxygen atoms in total. The van der Waals surface area contributed by atoms with E-state index in [-0.39, 0.29) is 5.91 Å². The average Bonchev–Trinajstić information content (AvgIpc) is 3.19. The second-order valence-corrected chi connectivity index (χ2v) is 8.02. The summed E-state index contributed by atoms with van der Waals surface area (Å²) in [5, 5.41) is 3.02. The highest BCUT2D eigenvalue weighted by Gasteiger charge is 2.13. The summed E-state index contributed by atoms with van der Waals surface area (Å²) < 4.78 is 5.39. The third-order valence-electron chi connectivity index (χ3n) is 5.07. The lowest BCUT2D eigenvalue weighted by atomic mass is 10.1. The second-order valence-electron chi connectivity index (χ2n) is 6.97. The van der Waals surface area contributed by atoms with Crippen LogP contribution in [0.25, 0.3) is 0 Å². The van der Waals surface area contributed by atoms with Crippen molar-refractivity contribution in [2.45, 2.75) is 30.7 Å². The monoisotopic (exact) mass is 383 g/mol. The minimum Gasteiger partial charge on any atom is -0.378 e. The van der Waals surface area contributed by atoms with Gasteiger partial charge in [-0.05, 0) is 60.2 Å². The highest BCUT2D eigenvalue weighted by Crippen LogP contribution is 2.27. The van der Waals surface area contributed by atoms with Crippen molar-refractivity contribution < 1.29 is 9.53 Å². The molecule has 0 radical (unpaired) electrons. The van der Waals surface area contributed by atoms with E-state index in [2.05, 4.69) is 39.5 Å². The van der Waals surface area contributed by atoms with Gasteiger partial charge in [-0.2, -0.15) is 0 Å². The molecule has 2 aromatic rings. The molecule has 1 saturated heterocycles.